The lowest BCUT2D eigenvalue weighted by atomic mass is 9.87. The number of phenols is 1. The molecule has 2 aromatic rings. The zero-order chi connectivity index (χ0) is 17.9. The number of phenolic OH excluding ortho intramolecular Hbond substituents is 1. The van der Waals surface area contributed by atoms with Crippen molar-refractivity contribution in [2.75, 3.05) is 5.32 Å². The summed E-state index contributed by atoms with van der Waals surface area (Å²) >= 11 is 0. The van der Waals surface area contributed by atoms with Gasteiger partial charge in [-0.25, -0.2) is 4.68 Å². The summed E-state index contributed by atoms with van der Waals surface area (Å²) < 4.78 is 1.26. The van der Waals surface area contributed by atoms with Gasteiger partial charge in [-0.15, -0.1) is 0 Å². The predicted octanol–water partition coefficient (Wildman–Crippen LogP) is 2.91. The van der Waals surface area contributed by atoms with Crippen molar-refractivity contribution in [1.29, 1.82) is 0 Å². The maximum Gasteiger partial charge on any atom is 0.276 e. The molecule has 128 valence electrons. The van der Waals surface area contributed by atoms with E-state index >= 15 is 0 Å². The predicted molar refractivity (Wildman–Crippen MR) is 93.5 cm³/mol. The van der Waals surface area contributed by atoms with Crippen LogP contribution in [0.15, 0.2) is 35.1 Å². The van der Waals surface area contributed by atoms with Gasteiger partial charge in [-0.3, -0.25) is 9.59 Å². The molecule has 0 fully saturated rings. The summed E-state index contributed by atoms with van der Waals surface area (Å²) in [5.74, 6) is -0.487. The van der Waals surface area contributed by atoms with E-state index in [-0.39, 0.29) is 22.4 Å². The van der Waals surface area contributed by atoms with Crippen molar-refractivity contribution in [3.8, 4) is 5.75 Å². The zero-order valence-corrected chi connectivity index (χ0v) is 14.5. The molecule has 0 unspecified atom stereocenters. The van der Waals surface area contributed by atoms with Crippen molar-refractivity contribution < 1.29 is 9.90 Å². The van der Waals surface area contributed by atoms with E-state index in [9.17, 15) is 14.7 Å². The number of nitrogens with one attached hydrogen (secondary N) is 1. The number of rotatable bonds is 4. The van der Waals surface area contributed by atoms with Gasteiger partial charge in [0.1, 0.15) is 11.4 Å². The maximum absolute atomic E-state index is 12.4. The van der Waals surface area contributed by atoms with Crippen LogP contribution in [0, 0.1) is 0 Å². The minimum absolute atomic E-state index is 0.0155. The second-order valence-corrected chi connectivity index (χ2v) is 6.72. The molecule has 1 heterocycles. The number of aromatic hydroxyl groups is 1. The van der Waals surface area contributed by atoms with Crippen LogP contribution in [0.5, 0.6) is 5.75 Å². The Hall–Kier alpha value is -2.63. The van der Waals surface area contributed by atoms with Crippen LogP contribution in [0.25, 0.3) is 0 Å². The Kier molecular flexibility index (Phi) is 5.07. The molecule has 1 aromatic heterocycles. The molecule has 24 heavy (non-hydrogen) atoms. The summed E-state index contributed by atoms with van der Waals surface area (Å²) in [6, 6.07) is 7.83. The minimum Gasteiger partial charge on any atom is -0.506 e. The largest absolute Gasteiger partial charge is 0.506 e. The molecule has 6 nitrogen and oxygen atoms in total. The van der Waals surface area contributed by atoms with Gasteiger partial charge in [0.2, 0.25) is 0 Å². The molecule has 1 aromatic carbocycles. The minimum atomic E-state index is -0.471. The number of hydrogen-bond acceptors (Lipinski definition) is 4. The highest BCUT2D eigenvalue weighted by Crippen LogP contribution is 2.30. The highest BCUT2D eigenvalue weighted by Gasteiger charge is 2.17. The van der Waals surface area contributed by atoms with E-state index in [0.29, 0.717) is 12.2 Å². The maximum atomic E-state index is 12.4. The molecule has 0 saturated carbocycles. The lowest BCUT2D eigenvalue weighted by Gasteiger charge is -2.20. The van der Waals surface area contributed by atoms with Crippen LogP contribution in [0.1, 0.15) is 50.2 Å². The molecule has 6 heteroatoms. The fourth-order valence-corrected chi connectivity index (χ4v) is 2.23. The van der Waals surface area contributed by atoms with Gasteiger partial charge < -0.3 is 10.4 Å². The van der Waals surface area contributed by atoms with E-state index in [4.69, 9.17) is 0 Å². The van der Waals surface area contributed by atoms with E-state index in [2.05, 4.69) is 10.4 Å². The first-order valence-electron chi connectivity index (χ1n) is 7.95. The molecular weight excluding hydrogens is 306 g/mol. The van der Waals surface area contributed by atoms with Crippen molar-refractivity contribution in [2.45, 2.75) is 46.1 Å². The zero-order valence-electron chi connectivity index (χ0n) is 14.5. The Labute approximate surface area is 141 Å². The Balaban J connectivity index is 2.30. The van der Waals surface area contributed by atoms with E-state index in [1.807, 2.05) is 33.8 Å². The van der Waals surface area contributed by atoms with E-state index in [1.165, 1.54) is 16.8 Å². The molecule has 0 aliphatic carbocycles. The SMILES string of the molecule is CCCn1nc(C(=O)Nc2cc(C(C)(C)C)ccc2O)ccc1=O. The third-order valence-corrected chi connectivity index (χ3v) is 3.65. The van der Waals surface area contributed by atoms with E-state index < -0.39 is 5.91 Å². The van der Waals surface area contributed by atoms with Gasteiger partial charge in [-0.05, 0) is 35.6 Å². The number of carbonyl (C=O) groups is 1. The van der Waals surface area contributed by atoms with Crippen molar-refractivity contribution in [3.05, 3.63) is 51.9 Å². The third kappa shape index (κ3) is 4.01. The number of amides is 1. The third-order valence-electron chi connectivity index (χ3n) is 3.65. The van der Waals surface area contributed by atoms with Crippen LogP contribution in [0.2, 0.25) is 0 Å². The molecule has 1 amide bonds. The molecule has 0 aliphatic heterocycles. The normalized spacial score (nSPS) is 11.3. The Morgan fingerprint density at radius 1 is 1.25 bits per heavy atom. The fraction of sp³-hybridized carbons (Fsp3) is 0.389. The van der Waals surface area contributed by atoms with Crippen LogP contribution >= 0.6 is 0 Å². The molecular formula is C18H23N3O3. The Bertz CT molecular complexity index is 804. The lowest BCUT2D eigenvalue weighted by molar-refractivity contribution is 0.101. The first-order valence-corrected chi connectivity index (χ1v) is 7.95. The van der Waals surface area contributed by atoms with Crippen molar-refractivity contribution in [3.63, 3.8) is 0 Å². The van der Waals surface area contributed by atoms with Crippen LogP contribution in [-0.4, -0.2) is 20.8 Å². The topological polar surface area (TPSA) is 84.2 Å². The molecule has 2 N–H and O–H groups in total. The smallest absolute Gasteiger partial charge is 0.276 e. The van der Waals surface area contributed by atoms with Crippen LogP contribution < -0.4 is 10.9 Å². The Morgan fingerprint density at radius 3 is 2.58 bits per heavy atom. The molecule has 0 bridgehead atoms. The molecule has 0 spiro atoms. The summed E-state index contributed by atoms with van der Waals surface area (Å²) in [5.41, 5.74) is 1.08. The van der Waals surface area contributed by atoms with E-state index in [0.717, 1.165) is 12.0 Å². The second-order valence-electron chi connectivity index (χ2n) is 6.72. The van der Waals surface area contributed by atoms with Crippen molar-refractivity contribution in [1.82, 2.24) is 9.78 Å². The number of aryl methyl sites for hydroxylation is 1. The highest BCUT2D eigenvalue weighted by atomic mass is 16.3. The monoisotopic (exact) mass is 329 g/mol. The van der Waals surface area contributed by atoms with Crippen LogP contribution in [0.3, 0.4) is 0 Å². The Morgan fingerprint density at radius 2 is 1.96 bits per heavy atom. The second kappa shape index (κ2) is 6.86. The summed E-state index contributed by atoms with van der Waals surface area (Å²) in [4.78, 5) is 24.1. The average molecular weight is 329 g/mol. The van der Waals surface area contributed by atoms with Crippen molar-refractivity contribution >= 4 is 11.6 Å². The number of carbonyl (C=O) groups excluding carboxylic acids is 1. The molecule has 0 atom stereocenters. The first kappa shape index (κ1) is 17.7. The fourth-order valence-electron chi connectivity index (χ4n) is 2.23. The van der Waals surface area contributed by atoms with Gasteiger partial charge in [-0.1, -0.05) is 33.8 Å². The highest BCUT2D eigenvalue weighted by molar-refractivity contribution is 6.03. The van der Waals surface area contributed by atoms with Gasteiger partial charge in [0, 0.05) is 12.6 Å². The standard InChI is InChI=1S/C18H23N3O3/c1-5-10-21-16(23)9-7-13(20-21)17(24)19-14-11-12(18(2,3)4)6-8-15(14)22/h6-9,11,22H,5,10H2,1-4H3,(H,19,24). The summed E-state index contributed by atoms with van der Waals surface area (Å²) in [6.45, 7) is 8.52. The van der Waals surface area contributed by atoms with E-state index in [1.54, 1.807) is 12.1 Å². The number of anilines is 1. The number of nitrogens with zero attached hydrogens (tertiary/aromatic N) is 2. The molecule has 0 saturated heterocycles. The number of benzene rings is 1. The number of hydrogen-bond donors (Lipinski definition) is 2. The summed E-state index contributed by atoms with van der Waals surface area (Å²) in [6.07, 6.45) is 0.742. The quantitative estimate of drug-likeness (QED) is 0.845. The lowest BCUT2D eigenvalue weighted by Crippen LogP contribution is -2.26. The van der Waals surface area contributed by atoms with Gasteiger partial charge in [0.25, 0.3) is 11.5 Å². The van der Waals surface area contributed by atoms with Crippen LogP contribution in [-0.2, 0) is 12.0 Å². The van der Waals surface area contributed by atoms with Gasteiger partial charge >= 0.3 is 0 Å². The molecule has 2 rings (SSSR count). The van der Waals surface area contributed by atoms with Crippen molar-refractivity contribution in [2.24, 2.45) is 0 Å². The van der Waals surface area contributed by atoms with Gasteiger partial charge in [0.05, 0.1) is 5.69 Å². The first-order chi connectivity index (χ1) is 11.2. The van der Waals surface area contributed by atoms with Crippen LogP contribution in [0.4, 0.5) is 5.69 Å². The number of aromatic nitrogens is 2. The average Bonchev–Trinajstić information content (AvgIpc) is 2.50. The summed E-state index contributed by atoms with van der Waals surface area (Å²) in [7, 11) is 0. The van der Waals surface area contributed by atoms with Gasteiger partial charge in [-0.2, -0.15) is 5.10 Å². The molecule has 0 radical (unpaired) electrons. The summed E-state index contributed by atoms with van der Waals surface area (Å²) in [5, 5.41) is 16.7. The molecule has 0 aliphatic rings. The van der Waals surface area contributed by atoms with Gasteiger partial charge in [0.15, 0.2) is 0 Å².